The second-order valence-electron chi connectivity index (χ2n) is 4.48. The lowest BCUT2D eigenvalue weighted by Crippen LogP contribution is -1.91. The SMILES string of the molecule is COc1ccc(CC/C=C(/Cl)S(=O)c2ccccc2)cc1. The molecular formula is C17H17ClO2S. The number of methoxy groups -OCH3 is 1. The Labute approximate surface area is 132 Å². The Morgan fingerprint density at radius 2 is 1.81 bits per heavy atom. The molecule has 0 amide bonds. The molecule has 0 aliphatic carbocycles. The van der Waals surface area contributed by atoms with Gasteiger partial charge in [-0.1, -0.05) is 48.0 Å². The van der Waals surface area contributed by atoms with Crippen molar-refractivity contribution in [2.24, 2.45) is 0 Å². The van der Waals surface area contributed by atoms with Crippen LogP contribution in [0.4, 0.5) is 0 Å². The first-order chi connectivity index (χ1) is 10.2. The molecule has 0 aliphatic rings. The number of rotatable bonds is 6. The van der Waals surface area contributed by atoms with Crippen molar-refractivity contribution in [1.82, 2.24) is 0 Å². The lowest BCUT2D eigenvalue weighted by Gasteiger charge is -2.03. The van der Waals surface area contributed by atoms with E-state index >= 15 is 0 Å². The quantitative estimate of drug-likeness (QED) is 0.782. The summed E-state index contributed by atoms with van der Waals surface area (Å²) in [5, 5.41) is 0. The molecule has 0 saturated heterocycles. The van der Waals surface area contributed by atoms with Crippen molar-refractivity contribution in [3.63, 3.8) is 0 Å². The van der Waals surface area contributed by atoms with Crippen molar-refractivity contribution in [3.05, 3.63) is 70.6 Å². The van der Waals surface area contributed by atoms with E-state index in [0.29, 0.717) is 4.36 Å². The van der Waals surface area contributed by atoms with Crippen LogP contribution >= 0.6 is 11.6 Å². The van der Waals surface area contributed by atoms with Crippen LogP contribution in [0.5, 0.6) is 5.75 Å². The van der Waals surface area contributed by atoms with Crippen molar-refractivity contribution in [3.8, 4) is 5.75 Å². The van der Waals surface area contributed by atoms with Crippen molar-refractivity contribution in [2.45, 2.75) is 17.7 Å². The van der Waals surface area contributed by atoms with Gasteiger partial charge in [-0.3, -0.25) is 0 Å². The van der Waals surface area contributed by atoms with Gasteiger partial charge in [0.15, 0.2) is 0 Å². The fourth-order valence-electron chi connectivity index (χ4n) is 1.88. The highest BCUT2D eigenvalue weighted by Gasteiger charge is 2.06. The van der Waals surface area contributed by atoms with Gasteiger partial charge in [-0.2, -0.15) is 0 Å². The predicted octanol–water partition coefficient (Wildman–Crippen LogP) is 4.52. The molecule has 4 heteroatoms. The maximum atomic E-state index is 12.2. The highest BCUT2D eigenvalue weighted by Crippen LogP contribution is 2.19. The standard InChI is InChI=1S/C17H17ClO2S/c1-20-15-12-10-14(11-13-15)6-5-9-17(18)21(19)16-7-3-2-4-8-16/h2-4,7-13H,5-6H2,1H3/b17-9-. The van der Waals surface area contributed by atoms with Crippen molar-refractivity contribution < 1.29 is 8.95 Å². The molecule has 2 aromatic carbocycles. The van der Waals surface area contributed by atoms with Gasteiger partial charge in [0.1, 0.15) is 10.1 Å². The van der Waals surface area contributed by atoms with Gasteiger partial charge in [0.2, 0.25) is 0 Å². The van der Waals surface area contributed by atoms with Crippen LogP contribution in [0, 0.1) is 0 Å². The summed E-state index contributed by atoms with van der Waals surface area (Å²) in [6.45, 7) is 0. The van der Waals surface area contributed by atoms with Gasteiger partial charge in [0, 0.05) is 4.90 Å². The summed E-state index contributed by atoms with van der Waals surface area (Å²) in [5.41, 5.74) is 1.20. The molecule has 2 nitrogen and oxygen atoms in total. The molecule has 0 N–H and O–H groups in total. The number of allylic oxidation sites excluding steroid dienone is 1. The molecular weight excluding hydrogens is 304 g/mol. The summed E-state index contributed by atoms with van der Waals surface area (Å²) in [6.07, 6.45) is 3.44. The van der Waals surface area contributed by atoms with Gasteiger partial charge < -0.3 is 4.74 Å². The zero-order chi connectivity index (χ0) is 15.1. The van der Waals surface area contributed by atoms with Gasteiger partial charge in [-0.15, -0.1) is 0 Å². The Bertz CT molecular complexity index is 621. The lowest BCUT2D eigenvalue weighted by atomic mass is 10.1. The molecule has 0 aliphatic heterocycles. The maximum absolute atomic E-state index is 12.2. The average molecular weight is 321 g/mol. The van der Waals surface area contributed by atoms with E-state index < -0.39 is 10.8 Å². The van der Waals surface area contributed by atoms with Crippen LogP contribution in [0.15, 0.2) is 69.9 Å². The normalized spacial score (nSPS) is 13.0. The summed E-state index contributed by atoms with van der Waals surface area (Å²) < 4.78 is 17.7. The van der Waals surface area contributed by atoms with E-state index in [-0.39, 0.29) is 0 Å². The molecule has 0 spiro atoms. The van der Waals surface area contributed by atoms with Gasteiger partial charge in [-0.05, 0) is 42.7 Å². The zero-order valence-corrected chi connectivity index (χ0v) is 13.4. The highest BCUT2D eigenvalue weighted by atomic mass is 35.5. The minimum absolute atomic E-state index is 0.384. The fraction of sp³-hybridized carbons (Fsp3) is 0.176. The van der Waals surface area contributed by atoms with Gasteiger partial charge in [-0.25, -0.2) is 4.21 Å². The summed E-state index contributed by atoms with van der Waals surface area (Å²) in [6, 6.07) is 17.1. The van der Waals surface area contributed by atoms with E-state index in [2.05, 4.69) is 0 Å². The van der Waals surface area contributed by atoms with Crippen LogP contribution in [0.1, 0.15) is 12.0 Å². The molecule has 0 saturated carbocycles. The summed E-state index contributed by atoms with van der Waals surface area (Å²) in [5.74, 6) is 0.845. The second kappa shape index (κ2) is 8.01. The molecule has 0 aromatic heterocycles. The molecule has 2 aromatic rings. The number of benzene rings is 2. The predicted molar refractivity (Wildman–Crippen MR) is 88.1 cm³/mol. The third-order valence-electron chi connectivity index (χ3n) is 3.03. The Morgan fingerprint density at radius 3 is 2.43 bits per heavy atom. The Morgan fingerprint density at radius 1 is 1.14 bits per heavy atom. The molecule has 110 valence electrons. The molecule has 2 rings (SSSR count). The van der Waals surface area contributed by atoms with Crippen LogP contribution in [0.25, 0.3) is 0 Å². The van der Waals surface area contributed by atoms with Crippen LogP contribution in [0.3, 0.4) is 0 Å². The number of hydrogen-bond donors (Lipinski definition) is 0. The first kappa shape index (κ1) is 15.8. The molecule has 1 atom stereocenters. The average Bonchev–Trinajstić information content (AvgIpc) is 2.55. The van der Waals surface area contributed by atoms with Crippen LogP contribution < -0.4 is 4.74 Å². The first-order valence-electron chi connectivity index (χ1n) is 6.66. The molecule has 21 heavy (non-hydrogen) atoms. The molecule has 0 bridgehead atoms. The van der Waals surface area contributed by atoms with E-state index in [9.17, 15) is 4.21 Å². The van der Waals surface area contributed by atoms with E-state index in [1.54, 1.807) is 7.11 Å². The fourth-order valence-corrected chi connectivity index (χ4v) is 3.15. The summed E-state index contributed by atoms with van der Waals surface area (Å²) in [7, 11) is 0.365. The van der Waals surface area contributed by atoms with Crippen LogP contribution in [0.2, 0.25) is 0 Å². The monoisotopic (exact) mass is 320 g/mol. The van der Waals surface area contributed by atoms with Crippen LogP contribution in [-0.4, -0.2) is 11.3 Å². The molecule has 0 fully saturated rings. The van der Waals surface area contributed by atoms with E-state index in [4.69, 9.17) is 16.3 Å². The summed E-state index contributed by atoms with van der Waals surface area (Å²) in [4.78, 5) is 0.725. The number of halogens is 1. The Kier molecular flexibility index (Phi) is 6.03. The number of hydrogen-bond acceptors (Lipinski definition) is 2. The lowest BCUT2D eigenvalue weighted by molar-refractivity contribution is 0.414. The third-order valence-corrected chi connectivity index (χ3v) is 4.83. The second-order valence-corrected chi connectivity index (χ2v) is 6.56. The maximum Gasteiger partial charge on any atom is 0.118 e. The van der Waals surface area contributed by atoms with Crippen molar-refractivity contribution in [2.75, 3.05) is 7.11 Å². The largest absolute Gasteiger partial charge is 0.497 e. The Balaban J connectivity index is 1.92. The number of aryl methyl sites for hydroxylation is 1. The van der Waals surface area contributed by atoms with E-state index in [1.165, 1.54) is 5.56 Å². The highest BCUT2D eigenvalue weighted by molar-refractivity contribution is 7.90. The minimum Gasteiger partial charge on any atom is -0.497 e. The molecule has 0 heterocycles. The smallest absolute Gasteiger partial charge is 0.118 e. The minimum atomic E-state index is -1.28. The van der Waals surface area contributed by atoms with Gasteiger partial charge in [0.05, 0.1) is 17.9 Å². The van der Waals surface area contributed by atoms with Gasteiger partial charge >= 0.3 is 0 Å². The zero-order valence-electron chi connectivity index (χ0n) is 11.8. The van der Waals surface area contributed by atoms with Crippen molar-refractivity contribution >= 4 is 22.4 Å². The van der Waals surface area contributed by atoms with E-state index in [1.807, 2.05) is 60.7 Å². The Hall–Kier alpha value is -1.58. The van der Waals surface area contributed by atoms with Gasteiger partial charge in [0.25, 0.3) is 0 Å². The molecule has 1 unspecified atom stereocenters. The third kappa shape index (κ3) is 4.73. The topological polar surface area (TPSA) is 26.3 Å². The first-order valence-corrected chi connectivity index (χ1v) is 8.19. The summed E-state index contributed by atoms with van der Waals surface area (Å²) >= 11 is 6.12. The van der Waals surface area contributed by atoms with Crippen LogP contribution in [-0.2, 0) is 17.2 Å². The number of ether oxygens (including phenoxy) is 1. The van der Waals surface area contributed by atoms with Crippen molar-refractivity contribution in [1.29, 1.82) is 0 Å². The molecule has 0 radical (unpaired) electrons. The van der Waals surface area contributed by atoms with E-state index in [0.717, 1.165) is 23.5 Å².